The Kier molecular flexibility index (Phi) is 2.54. The molecular weight excluding hydrogens is 315 g/mol. The van der Waals surface area contributed by atoms with Gasteiger partial charge in [-0.2, -0.15) is 0 Å². The van der Waals surface area contributed by atoms with Crippen molar-refractivity contribution in [2.45, 2.75) is 0 Å². The molecule has 0 bridgehead atoms. The minimum atomic E-state index is -0.195. The lowest BCUT2D eigenvalue weighted by molar-refractivity contribution is 0.630. The first-order valence-electron chi connectivity index (χ1n) is 6.43. The summed E-state index contributed by atoms with van der Waals surface area (Å²) in [6.07, 6.45) is 0. The van der Waals surface area contributed by atoms with Crippen molar-refractivity contribution < 1.29 is 4.39 Å². The van der Waals surface area contributed by atoms with Gasteiger partial charge in [0.1, 0.15) is 5.82 Å². The molecule has 20 heavy (non-hydrogen) atoms. The Hall–Kier alpha value is -1.93. The first-order valence-corrected chi connectivity index (χ1v) is 7.22. The zero-order valence-electron chi connectivity index (χ0n) is 10.5. The normalized spacial score (nSPS) is 11.5. The van der Waals surface area contributed by atoms with E-state index in [1.807, 2.05) is 24.3 Å². The van der Waals surface area contributed by atoms with Gasteiger partial charge in [0.2, 0.25) is 0 Å². The maximum absolute atomic E-state index is 13.6. The van der Waals surface area contributed by atoms with Crippen molar-refractivity contribution >= 4 is 48.2 Å². The van der Waals surface area contributed by atoms with Gasteiger partial charge in [-0.15, -0.1) is 0 Å². The maximum atomic E-state index is 13.6. The molecule has 0 unspecified atom stereocenters. The Morgan fingerprint density at radius 3 is 1.85 bits per heavy atom. The van der Waals surface area contributed by atoms with Gasteiger partial charge in [0.25, 0.3) is 0 Å². The third-order valence-electron chi connectivity index (χ3n) is 3.76. The molecule has 0 fully saturated rings. The second-order valence-electron chi connectivity index (χ2n) is 4.93. The van der Waals surface area contributed by atoms with Crippen LogP contribution in [0, 0.1) is 5.82 Å². The Bertz CT molecular complexity index is 872. The van der Waals surface area contributed by atoms with Gasteiger partial charge in [0.05, 0.1) is 0 Å². The smallest absolute Gasteiger partial charge is 0.123 e. The maximum Gasteiger partial charge on any atom is 0.123 e. The van der Waals surface area contributed by atoms with Gasteiger partial charge >= 0.3 is 0 Å². The van der Waals surface area contributed by atoms with Crippen LogP contribution in [-0.4, -0.2) is 0 Å². The summed E-state index contributed by atoms with van der Waals surface area (Å²) >= 11 is 3.53. The largest absolute Gasteiger partial charge is 0.207 e. The van der Waals surface area contributed by atoms with Crippen LogP contribution in [-0.2, 0) is 0 Å². The monoisotopic (exact) mass is 324 g/mol. The molecule has 0 heterocycles. The van der Waals surface area contributed by atoms with E-state index in [1.165, 1.54) is 11.5 Å². The summed E-state index contributed by atoms with van der Waals surface area (Å²) in [5.74, 6) is -0.195. The first-order chi connectivity index (χ1) is 9.74. The number of benzene rings is 4. The van der Waals surface area contributed by atoms with Crippen LogP contribution in [0.2, 0.25) is 0 Å². The van der Waals surface area contributed by atoms with Gasteiger partial charge in [-0.1, -0.05) is 52.3 Å². The average molecular weight is 325 g/mol. The molecule has 0 saturated heterocycles. The molecule has 2 heteroatoms. The van der Waals surface area contributed by atoms with Crippen molar-refractivity contribution in [3.63, 3.8) is 0 Å². The average Bonchev–Trinajstić information content (AvgIpc) is 2.47. The predicted molar refractivity (Wildman–Crippen MR) is 86.6 cm³/mol. The summed E-state index contributed by atoms with van der Waals surface area (Å²) in [6, 6.07) is 19.4. The van der Waals surface area contributed by atoms with Crippen LogP contribution in [0.5, 0.6) is 0 Å². The van der Waals surface area contributed by atoms with Gasteiger partial charge in [0.15, 0.2) is 0 Å². The molecule has 4 aromatic carbocycles. The number of hydrogen-bond acceptors (Lipinski definition) is 0. The third-order valence-corrected chi connectivity index (χ3v) is 4.25. The van der Waals surface area contributed by atoms with Crippen molar-refractivity contribution in [3.05, 3.63) is 71.0 Å². The van der Waals surface area contributed by atoms with E-state index in [0.717, 1.165) is 31.4 Å². The van der Waals surface area contributed by atoms with Crippen LogP contribution in [0.25, 0.3) is 32.3 Å². The topological polar surface area (TPSA) is 0 Å². The highest BCUT2D eigenvalue weighted by atomic mass is 79.9. The minimum Gasteiger partial charge on any atom is -0.207 e. The summed E-state index contributed by atoms with van der Waals surface area (Å²) in [5, 5.41) is 6.65. The lowest BCUT2D eigenvalue weighted by atomic mass is 9.94. The SMILES string of the molecule is Fc1ccc2c3ccc(Br)cc3c3ccccc3c2c1. The van der Waals surface area contributed by atoms with Crippen molar-refractivity contribution in [3.8, 4) is 0 Å². The molecule has 0 aliphatic rings. The Morgan fingerprint density at radius 1 is 0.600 bits per heavy atom. The van der Waals surface area contributed by atoms with Crippen molar-refractivity contribution in [2.24, 2.45) is 0 Å². The fourth-order valence-electron chi connectivity index (χ4n) is 2.90. The van der Waals surface area contributed by atoms with E-state index in [4.69, 9.17) is 0 Å². The van der Waals surface area contributed by atoms with E-state index in [2.05, 4.69) is 40.2 Å². The first kappa shape index (κ1) is 11.9. The summed E-state index contributed by atoms with van der Waals surface area (Å²) in [7, 11) is 0. The molecule has 0 atom stereocenters. The summed E-state index contributed by atoms with van der Waals surface area (Å²) in [4.78, 5) is 0. The Morgan fingerprint density at radius 2 is 1.15 bits per heavy atom. The minimum absolute atomic E-state index is 0.195. The predicted octanol–water partition coefficient (Wildman–Crippen LogP) is 6.05. The highest BCUT2D eigenvalue weighted by molar-refractivity contribution is 9.10. The number of halogens is 2. The molecule has 0 radical (unpaired) electrons. The van der Waals surface area contributed by atoms with Crippen LogP contribution in [0.1, 0.15) is 0 Å². The van der Waals surface area contributed by atoms with Gasteiger partial charge in [-0.25, -0.2) is 4.39 Å². The zero-order valence-corrected chi connectivity index (χ0v) is 12.1. The van der Waals surface area contributed by atoms with Crippen molar-refractivity contribution in [2.75, 3.05) is 0 Å². The van der Waals surface area contributed by atoms with Crippen LogP contribution in [0.3, 0.4) is 0 Å². The third kappa shape index (κ3) is 1.65. The van der Waals surface area contributed by atoms with E-state index >= 15 is 0 Å². The molecule has 0 N–H and O–H groups in total. The number of fused-ring (bicyclic) bond motifs is 6. The van der Waals surface area contributed by atoms with Crippen LogP contribution in [0.4, 0.5) is 4.39 Å². The van der Waals surface area contributed by atoms with E-state index < -0.39 is 0 Å². The Labute approximate surface area is 124 Å². The molecule has 0 nitrogen and oxygen atoms in total. The Balaban J connectivity index is 2.40. The second-order valence-corrected chi connectivity index (χ2v) is 5.84. The lowest BCUT2D eigenvalue weighted by Crippen LogP contribution is -1.84. The summed E-state index contributed by atoms with van der Waals surface area (Å²) < 4.78 is 14.7. The van der Waals surface area contributed by atoms with E-state index in [0.29, 0.717) is 0 Å². The van der Waals surface area contributed by atoms with E-state index in [9.17, 15) is 4.39 Å². The van der Waals surface area contributed by atoms with Crippen LogP contribution >= 0.6 is 15.9 Å². The lowest BCUT2D eigenvalue weighted by Gasteiger charge is -2.10. The van der Waals surface area contributed by atoms with Crippen molar-refractivity contribution in [1.82, 2.24) is 0 Å². The fourth-order valence-corrected chi connectivity index (χ4v) is 3.26. The number of hydrogen-bond donors (Lipinski definition) is 0. The van der Waals surface area contributed by atoms with E-state index in [-0.39, 0.29) is 5.82 Å². The molecular formula is C18H10BrF. The highest BCUT2D eigenvalue weighted by Gasteiger charge is 2.09. The number of rotatable bonds is 0. The zero-order chi connectivity index (χ0) is 13.7. The highest BCUT2D eigenvalue weighted by Crippen LogP contribution is 2.36. The molecule has 96 valence electrons. The molecule has 0 aliphatic heterocycles. The molecule has 0 aliphatic carbocycles. The van der Waals surface area contributed by atoms with Gasteiger partial charge in [-0.05, 0) is 56.6 Å². The fraction of sp³-hybridized carbons (Fsp3) is 0. The van der Waals surface area contributed by atoms with Crippen LogP contribution in [0.15, 0.2) is 65.1 Å². The molecule has 0 spiro atoms. The quantitative estimate of drug-likeness (QED) is 0.345. The van der Waals surface area contributed by atoms with Gasteiger partial charge < -0.3 is 0 Å². The van der Waals surface area contributed by atoms with Gasteiger partial charge in [-0.3, -0.25) is 0 Å². The second kappa shape index (κ2) is 4.29. The molecule has 0 aromatic heterocycles. The summed E-state index contributed by atoms with van der Waals surface area (Å²) in [6.45, 7) is 0. The molecule has 4 rings (SSSR count). The molecule has 0 amide bonds. The summed E-state index contributed by atoms with van der Waals surface area (Å²) in [5.41, 5.74) is 0. The van der Waals surface area contributed by atoms with Crippen LogP contribution < -0.4 is 0 Å². The molecule has 0 saturated carbocycles. The van der Waals surface area contributed by atoms with Crippen molar-refractivity contribution in [1.29, 1.82) is 0 Å². The standard InChI is InChI=1S/C18H10BrF/c19-11-5-7-15-16-8-6-12(20)10-18(16)14-4-2-1-3-13(14)17(15)9-11/h1-10H. The molecule has 4 aromatic rings. The van der Waals surface area contributed by atoms with Gasteiger partial charge in [0, 0.05) is 4.47 Å². The van der Waals surface area contributed by atoms with E-state index in [1.54, 1.807) is 6.07 Å².